The molecular weight excluding hydrogens is 112 g/mol. The Hall–Kier alpha value is -0.550. The number of rotatable bonds is 0. The molecule has 0 bridgehead atoms. The van der Waals surface area contributed by atoms with E-state index >= 15 is 0 Å². The fraction of sp³-hybridized carbons (Fsp3) is 0.714. The first kappa shape index (κ1) is 6.57. The molecule has 1 fully saturated rings. The molecule has 0 aliphatic carbocycles. The maximum atomic E-state index is 6.73. The molecule has 0 aromatic heterocycles. The Kier molecular flexibility index (Phi) is 2.07. The van der Waals surface area contributed by atoms with Gasteiger partial charge in [0.05, 0.1) is 0 Å². The standard InChI is InChI=1S/C7H10N2/c1-8-7-3-5-9(2)6-4-7/h2,7H,3-6H2. The smallest absolute Gasteiger partial charge is 0.226 e. The van der Waals surface area contributed by atoms with Crippen LogP contribution in [0.15, 0.2) is 0 Å². The van der Waals surface area contributed by atoms with Gasteiger partial charge in [0.2, 0.25) is 6.04 Å². The zero-order chi connectivity index (χ0) is 6.69. The highest BCUT2D eigenvalue weighted by molar-refractivity contribution is 4.84. The van der Waals surface area contributed by atoms with Gasteiger partial charge in [-0.3, -0.25) is 4.90 Å². The maximum Gasteiger partial charge on any atom is 0.226 e. The normalized spacial score (nSPS) is 23.6. The molecule has 0 N–H and O–H groups in total. The van der Waals surface area contributed by atoms with E-state index in [9.17, 15) is 0 Å². The molecule has 1 aliphatic heterocycles. The van der Waals surface area contributed by atoms with Crippen LogP contribution in [0.25, 0.3) is 4.85 Å². The largest absolute Gasteiger partial charge is 0.314 e. The molecule has 0 amide bonds. The van der Waals surface area contributed by atoms with Gasteiger partial charge < -0.3 is 4.85 Å². The average Bonchev–Trinajstić information content (AvgIpc) is 1.90. The molecule has 0 spiro atoms. The minimum absolute atomic E-state index is 0.241. The van der Waals surface area contributed by atoms with Crippen molar-refractivity contribution in [3.05, 3.63) is 18.5 Å². The third kappa shape index (κ3) is 1.69. The first-order valence-electron chi connectivity index (χ1n) is 3.19. The summed E-state index contributed by atoms with van der Waals surface area (Å²) < 4.78 is 0. The fourth-order valence-corrected chi connectivity index (χ4v) is 1.01. The molecule has 2 nitrogen and oxygen atoms in total. The second-order valence-electron chi connectivity index (χ2n) is 2.40. The number of hydrogen-bond donors (Lipinski definition) is 0. The lowest BCUT2D eigenvalue weighted by Gasteiger charge is -2.21. The summed E-state index contributed by atoms with van der Waals surface area (Å²) in [6.45, 7) is 8.49. The molecule has 0 atom stereocenters. The summed E-state index contributed by atoms with van der Waals surface area (Å²) in [6, 6.07) is 0.241. The van der Waals surface area contributed by atoms with Crippen molar-refractivity contribution in [1.29, 1.82) is 0 Å². The highest BCUT2D eigenvalue weighted by atomic mass is 15.1. The van der Waals surface area contributed by atoms with Crippen LogP contribution in [0.3, 0.4) is 0 Å². The van der Waals surface area contributed by atoms with Gasteiger partial charge in [-0.1, -0.05) is 0 Å². The molecular formula is C7H10N2. The first-order valence-corrected chi connectivity index (χ1v) is 3.19. The van der Waals surface area contributed by atoms with E-state index < -0.39 is 0 Å². The van der Waals surface area contributed by atoms with Crippen molar-refractivity contribution in [3.63, 3.8) is 0 Å². The fourth-order valence-electron chi connectivity index (χ4n) is 1.01. The average molecular weight is 122 g/mol. The van der Waals surface area contributed by atoms with E-state index in [0.717, 1.165) is 25.9 Å². The van der Waals surface area contributed by atoms with Crippen LogP contribution in [0.5, 0.6) is 0 Å². The zero-order valence-electron chi connectivity index (χ0n) is 5.38. The van der Waals surface area contributed by atoms with E-state index in [-0.39, 0.29) is 6.04 Å². The summed E-state index contributed by atoms with van der Waals surface area (Å²) in [5, 5.41) is 0. The van der Waals surface area contributed by atoms with E-state index in [2.05, 4.69) is 4.85 Å². The molecule has 0 saturated carbocycles. The minimum atomic E-state index is 0.241. The van der Waals surface area contributed by atoms with Crippen LogP contribution in [0.4, 0.5) is 0 Å². The lowest BCUT2D eigenvalue weighted by atomic mass is 10.1. The SMILES string of the molecule is [C-]#[N+]C1CCN([CH])CC1. The van der Waals surface area contributed by atoms with Gasteiger partial charge in [0.1, 0.15) is 0 Å². The topological polar surface area (TPSA) is 7.60 Å². The van der Waals surface area contributed by atoms with Gasteiger partial charge in [0.25, 0.3) is 0 Å². The van der Waals surface area contributed by atoms with Crippen LogP contribution in [-0.4, -0.2) is 24.0 Å². The summed E-state index contributed by atoms with van der Waals surface area (Å²) in [5.74, 6) is 0. The Labute approximate surface area is 56.3 Å². The van der Waals surface area contributed by atoms with Crippen LogP contribution in [0, 0.1) is 13.6 Å². The predicted molar refractivity (Wildman–Crippen MR) is 35.5 cm³/mol. The monoisotopic (exact) mass is 122 g/mol. The van der Waals surface area contributed by atoms with Gasteiger partial charge in [-0.2, -0.15) is 0 Å². The zero-order valence-corrected chi connectivity index (χ0v) is 5.38. The van der Waals surface area contributed by atoms with Crippen molar-refractivity contribution in [3.8, 4) is 0 Å². The molecule has 2 radical (unpaired) electrons. The van der Waals surface area contributed by atoms with Crippen LogP contribution in [0.1, 0.15) is 12.8 Å². The lowest BCUT2D eigenvalue weighted by molar-refractivity contribution is 0.296. The highest BCUT2D eigenvalue weighted by Crippen LogP contribution is 2.11. The number of hydrogen-bond acceptors (Lipinski definition) is 1. The van der Waals surface area contributed by atoms with E-state index in [1.165, 1.54) is 0 Å². The van der Waals surface area contributed by atoms with Crippen molar-refractivity contribution in [1.82, 2.24) is 4.90 Å². The minimum Gasteiger partial charge on any atom is -0.314 e. The molecule has 0 aromatic carbocycles. The molecule has 1 heterocycles. The van der Waals surface area contributed by atoms with Crippen molar-refractivity contribution >= 4 is 0 Å². The number of piperidine rings is 1. The maximum absolute atomic E-state index is 6.73. The van der Waals surface area contributed by atoms with Gasteiger partial charge in [-0.15, -0.1) is 0 Å². The second kappa shape index (κ2) is 2.84. The second-order valence-corrected chi connectivity index (χ2v) is 2.40. The lowest BCUT2D eigenvalue weighted by Crippen LogP contribution is -2.29. The van der Waals surface area contributed by atoms with Gasteiger partial charge in [0, 0.05) is 33.0 Å². The predicted octanol–water partition coefficient (Wildman–Crippen LogP) is 1.04. The molecule has 1 rings (SSSR count). The third-order valence-electron chi connectivity index (χ3n) is 1.68. The summed E-state index contributed by atoms with van der Waals surface area (Å²) in [4.78, 5) is 5.23. The number of nitrogens with zero attached hydrogens (tertiary/aromatic N) is 2. The Bertz CT molecular complexity index is 117. The molecule has 48 valence electrons. The summed E-state index contributed by atoms with van der Waals surface area (Å²) in [5.41, 5.74) is 0. The van der Waals surface area contributed by atoms with Crippen LogP contribution >= 0.6 is 0 Å². The van der Waals surface area contributed by atoms with E-state index in [1.807, 2.05) is 0 Å². The molecule has 9 heavy (non-hydrogen) atoms. The summed E-state index contributed by atoms with van der Waals surface area (Å²) in [6.07, 6.45) is 1.89. The van der Waals surface area contributed by atoms with Crippen LogP contribution in [0.2, 0.25) is 0 Å². The van der Waals surface area contributed by atoms with Crippen LogP contribution < -0.4 is 0 Å². The Morgan fingerprint density at radius 3 is 2.44 bits per heavy atom. The van der Waals surface area contributed by atoms with Crippen molar-refractivity contribution in [2.24, 2.45) is 0 Å². The van der Waals surface area contributed by atoms with E-state index in [4.69, 9.17) is 13.6 Å². The molecule has 2 heteroatoms. The number of likely N-dealkylation sites (tertiary alicyclic amines) is 1. The molecule has 1 saturated heterocycles. The summed E-state index contributed by atoms with van der Waals surface area (Å²) >= 11 is 0. The van der Waals surface area contributed by atoms with Gasteiger partial charge in [0.15, 0.2) is 0 Å². The quantitative estimate of drug-likeness (QED) is 0.435. The van der Waals surface area contributed by atoms with Crippen LogP contribution in [-0.2, 0) is 0 Å². The first-order chi connectivity index (χ1) is 4.33. The van der Waals surface area contributed by atoms with Crippen molar-refractivity contribution in [2.45, 2.75) is 18.9 Å². The van der Waals surface area contributed by atoms with Gasteiger partial charge in [-0.05, 0) is 0 Å². The van der Waals surface area contributed by atoms with E-state index in [1.54, 1.807) is 4.90 Å². The third-order valence-corrected chi connectivity index (χ3v) is 1.68. The van der Waals surface area contributed by atoms with Gasteiger partial charge in [-0.25, -0.2) is 6.57 Å². The van der Waals surface area contributed by atoms with Crippen molar-refractivity contribution in [2.75, 3.05) is 13.1 Å². The van der Waals surface area contributed by atoms with Gasteiger partial charge >= 0.3 is 0 Å². The Morgan fingerprint density at radius 1 is 1.44 bits per heavy atom. The highest BCUT2D eigenvalue weighted by Gasteiger charge is 2.19. The summed E-state index contributed by atoms with van der Waals surface area (Å²) in [7, 11) is 5.48. The Morgan fingerprint density at radius 2 is 2.00 bits per heavy atom. The molecule has 0 unspecified atom stereocenters. The van der Waals surface area contributed by atoms with E-state index in [0.29, 0.717) is 0 Å². The van der Waals surface area contributed by atoms with Crippen molar-refractivity contribution < 1.29 is 0 Å². The molecule has 0 aromatic rings. The Balaban J connectivity index is 2.28. The molecule has 1 aliphatic rings.